The molecule has 2 aliphatic rings. The Balaban J connectivity index is 0.00000324. The normalized spacial score (nSPS) is 20.6. The zero-order chi connectivity index (χ0) is 23.4. The van der Waals surface area contributed by atoms with Crippen LogP contribution in [0.4, 0.5) is 4.39 Å². The summed E-state index contributed by atoms with van der Waals surface area (Å²) in [6.45, 7) is 1.60. The standard InChI is InChI=1S/C23H28FN5O3S.ClH/c24-19-5-2-1-4-18(19)22(23(31)15-7-8-15)28-11-9-20(33)16(14-28)12-17-13-25-27-29(17)10-3-6-21(30)26-32;/h1-2,4-5,12-13,15,20,22,32-33H,3,6-11,14H2,(H,26,30);1H/b16-12-;. The Morgan fingerprint density at radius 3 is 2.76 bits per heavy atom. The minimum Gasteiger partial charge on any atom is -0.297 e. The van der Waals surface area contributed by atoms with Crippen molar-refractivity contribution in [1.82, 2.24) is 25.4 Å². The van der Waals surface area contributed by atoms with Crippen LogP contribution in [-0.4, -0.2) is 55.1 Å². The van der Waals surface area contributed by atoms with Crippen molar-refractivity contribution in [2.75, 3.05) is 13.1 Å². The summed E-state index contributed by atoms with van der Waals surface area (Å²) < 4.78 is 16.4. The van der Waals surface area contributed by atoms with Crippen molar-refractivity contribution in [3.63, 3.8) is 0 Å². The lowest BCUT2D eigenvalue weighted by Gasteiger charge is -2.37. The lowest BCUT2D eigenvalue weighted by molar-refractivity contribution is -0.129. The van der Waals surface area contributed by atoms with Gasteiger partial charge in [0.05, 0.1) is 17.9 Å². The maximum absolute atomic E-state index is 14.7. The Morgan fingerprint density at radius 1 is 1.29 bits per heavy atom. The molecule has 0 radical (unpaired) electrons. The number of nitrogens with one attached hydrogen (secondary N) is 1. The summed E-state index contributed by atoms with van der Waals surface area (Å²) in [7, 11) is 0. The summed E-state index contributed by atoms with van der Waals surface area (Å²) in [6.07, 6.45) is 6.74. The van der Waals surface area contributed by atoms with Gasteiger partial charge in [0, 0.05) is 42.8 Å². The fraction of sp³-hybridized carbons (Fsp3) is 0.478. The van der Waals surface area contributed by atoms with Crippen LogP contribution >= 0.6 is 25.0 Å². The number of carbonyl (C=O) groups excluding carboxylic acids is 2. The zero-order valence-electron chi connectivity index (χ0n) is 18.6. The second-order valence-corrected chi connectivity index (χ2v) is 9.24. The Kier molecular flexibility index (Phi) is 9.24. The molecule has 2 fully saturated rings. The second-order valence-electron chi connectivity index (χ2n) is 8.62. The first kappa shape index (κ1) is 26.3. The summed E-state index contributed by atoms with van der Waals surface area (Å²) in [5, 5.41) is 16.7. The molecule has 2 atom stereocenters. The van der Waals surface area contributed by atoms with Gasteiger partial charge in [-0.2, -0.15) is 12.6 Å². The number of carbonyl (C=O) groups is 2. The molecule has 1 aromatic heterocycles. The largest absolute Gasteiger partial charge is 0.297 e. The first-order valence-electron chi connectivity index (χ1n) is 11.2. The average Bonchev–Trinajstić information content (AvgIpc) is 3.58. The van der Waals surface area contributed by atoms with Crippen molar-refractivity contribution in [2.24, 2.45) is 5.92 Å². The molecule has 1 aliphatic heterocycles. The van der Waals surface area contributed by atoms with E-state index < -0.39 is 11.9 Å². The first-order chi connectivity index (χ1) is 16.0. The fourth-order valence-electron chi connectivity index (χ4n) is 4.26. The molecular weight excluding hydrogens is 481 g/mol. The molecule has 1 aromatic carbocycles. The van der Waals surface area contributed by atoms with E-state index in [-0.39, 0.29) is 41.6 Å². The van der Waals surface area contributed by atoms with Crippen molar-refractivity contribution in [3.05, 3.63) is 53.1 Å². The van der Waals surface area contributed by atoms with Gasteiger partial charge in [0.15, 0.2) is 5.78 Å². The summed E-state index contributed by atoms with van der Waals surface area (Å²) in [4.78, 5) is 26.5. The second kappa shape index (κ2) is 11.9. The number of piperidine rings is 1. The summed E-state index contributed by atoms with van der Waals surface area (Å²) >= 11 is 4.75. The van der Waals surface area contributed by atoms with Crippen molar-refractivity contribution in [2.45, 2.75) is 49.9 Å². The van der Waals surface area contributed by atoms with E-state index in [0.29, 0.717) is 31.6 Å². The molecular formula is C23H29ClFN5O3S. The van der Waals surface area contributed by atoms with Crippen LogP contribution in [0.15, 0.2) is 36.0 Å². The Morgan fingerprint density at radius 2 is 2.06 bits per heavy atom. The van der Waals surface area contributed by atoms with Gasteiger partial charge in [-0.1, -0.05) is 23.4 Å². The molecule has 4 rings (SSSR count). The van der Waals surface area contributed by atoms with E-state index in [4.69, 9.17) is 17.8 Å². The highest BCUT2D eigenvalue weighted by atomic mass is 35.5. The van der Waals surface area contributed by atoms with Crippen molar-refractivity contribution in [1.29, 1.82) is 0 Å². The number of nitrogens with zero attached hydrogens (tertiary/aromatic N) is 4. The molecule has 184 valence electrons. The van der Waals surface area contributed by atoms with E-state index >= 15 is 0 Å². The van der Waals surface area contributed by atoms with E-state index in [1.165, 1.54) is 6.07 Å². The van der Waals surface area contributed by atoms with E-state index in [0.717, 1.165) is 30.5 Å². The lowest BCUT2D eigenvalue weighted by Crippen LogP contribution is -2.42. The van der Waals surface area contributed by atoms with Gasteiger partial charge >= 0.3 is 0 Å². The number of aryl methyl sites for hydroxylation is 1. The number of hydroxylamine groups is 1. The molecule has 11 heteroatoms. The summed E-state index contributed by atoms with van der Waals surface area (Å²) in [5.41, 5.74) is 3.83. The number of hydrogen-bond acceptors (Lipinski definition) is 7. The molecule has 0 bridgehead atoms. The number of rotatable bonds is 9. The molecule has 1 saturated heterocycles. The predicted molar refractivity (Wildman–Crippen MR) is 130 cm³/mol. The molecule has 1 amide bonds. The zero-order valence-corrected chi connectivity index (χ0v) is 20.3. The van der Waals surface area contributed by atoms with Crippen LogP contribution in [0.25, 0.3) is 6.08 Å². The van der Waals surface area contributed by atoms with Crippen LogP contribution in [-0.2, 0) is 16.1 Å². The number of amides is 1. The smallest absolute Gasteiger partial charge is 0.243 e. The number of thiol groups is 1. The van der Waals surface area contributed by atoms with E-state index in [1.807, 2.05) is 6.08 Å². The van der Waals surface area contributed by atoms with Crippen LogP contribution in [0, 0.1) is 11.7 Å². The van der Waals surface area contributed by atoms with Crippen LogP contribution in [0.5, 0.6) is 0 Å². The fourth-order valence-corrected chi connectivity index (χ4v) is 4.53. The van der Waals surface area contributed by atoms with Gasteiger partial charge in [-0.25, -0.2) is 14.6 Å². The number of ketones is 1. The third-order valence-corrected chi connectivity index (χ3v) is 6.79. The third-order valence-electron chi connectivity index (χ3n) is 6.20. The molecule has 8 nitrogen and oxygen atoms in total. The van der Waals surface area contributed by atoms with E-state index in [2.05, 4.69) is 15.2 Å². The molecule has 2 N–H and O–H groups in total. The summed E-state index contributed by atoms with van der Waals surface area (Å²) in [5.74, 6) is -0.708. The maximum Gasteiger partial charge on any atom is 0.243 e. The molecule has 0 spiro atoms. The Bertz CT molecular complexity index is 1050. The van der Waals surface area contributed by atoms with Gasteiger partial charge < -0.3 is 0 Å². The van der Waals surface area contributed by atoms with Crippen molar-refractivity contribution < 1.29 is 19.2 Å². The number of likely N-dealkylation sites (tertiary alicyclic amines) is 1. The van der Waals surface area contributed by atoms with Crippen molar-refractivity contribution in [3.8, 4) is 0 Å². The lowest BCUT2D eigenvalue weighted by atomic mass is 9.93. The highest BCUT2D eigenvalue weighted by Crippen LogP contribution is 2.39. The quantitative estimate of drug-likeness (QED) is 0.272. The van der Waals surface area contributed by atoms with Crippen LogP contribution in [0.3, 0.4) is 0 Å². The van der Waals surface area contributed by atoms with Crippen molar-refractivity contribution >= 4 is 42.8 Å². The van der Waals surface area contributed by atoms with E-state index in [1.54, 1.807) is 34.6 Å². The van der Waals surface area contributed by atoms with Gasteiger partial charge in [-0.3, -0.25) is 19.7 Å². The number of hydrogen-bond donors (Lipinski definition) is 3. The van der Waals surface area contributed by atoms with Gasteiger partial charge in [-0.15, -0.1) is 17.5 Å². The molecule has 2 aromatic rings. The van der Waals surface area contributed by atoms with Crippen LogP contribution in [0.2, 0.25) is 0 Å². The first-order valence-corrected chi connectivity index (χ1v) is 11.7. The minimum atomic E-state index is -0.608. The topological polar surface area (TPSA) is 100 Å². The Hall–Kier alpha value is -2.27. The van der Waals surface area contributed by atoms with Crippen LogP contribution in [0.1, 0.15) is 49.4 Å². The van der Waals surface area contributed by atoms with Crippen LogP contribution < -0.4 is 5.48 Å². The third kappa shape index (κ3) is 6.24. The Labute approximate surface area is 209 Å². The molecule has 1 saturated carbocycles. The highest BCUT2D eigenvalue weighted by Gasteiger charge is 2.40. The highest BCUT2D eigenvalue weighted by molar-refractivity contribution is 7.81. The SMILES string of the molecule is Cl.O=C(CCCn1nncc1/C=C1/CN(C(C(=O)C2CC2)c2ccccc2F)CCC1S)NO. The van der Waals surface area contributed by atoms with Gasteiger partial charge in [0.1, 0.15) is 5.82 Å². The molecule has 1 aliphatic carbocycles. The minimum absolute atomic E-state index is 0. The average molecular weight is 510 g/mol. The number of halogens is 2. The maximum atomic E-state index is 14.7. The molecule has 2 unspecified atom stereocenters. The number of benzene rings is 1. The monoisotopic (exact) mass is 509 g/mol. The van der Waals surface area contributed by atoms with Gasteiger partial charge in [-0.05, 0) is 43.4 Å². The molecule has 34 heavy (non-hydrogen) atoms. The van der Waals surface area contributed by atoms with Gasteiger partial charge in [0.25, 0.3) is 0 Å². The van der Waals surface area contributed by atoms with Gasteiger partial charge in [0.2, 0.25) is 5.91 Å². The van der Waals surface area contributed by atoms with E-state index in [9.17, 15) is 14.0 Å². The molecule has 2 heterocycles. The predicted octanol–water partition coefficient (Wildman–Crippen LogP) is 3.23. The number of Topliss-reactive ketones (excluding diaryl/α,β-unsaturated/α-hetero) is 1. The number of aromatic nitrogens is 3. The summed E-state index contributed by atoms with van der Waals surface area (Å²) in [6, 6.07) is 5.92.